The first kappa shape index (κ1) is 15.8. The normalized spacial score (nSPS) is 17.3. The van der Waals surface area contributed by atoms with Gasteiger partial charge in [0.2, 0.25) is 5.91 Å². The molecule has 5 heteroatoms. The van der Waals surface area contributed by atoms with Gasteiger partial charge in [0, 0.05) is 37.2 Å². The van der Waals surface area contributed by atoms with Crippen molar-refractivity contribution in [1.29, 1.82) is 5.26 Å². The summed E-state index contributed by atoms with van der Waals surface area (Å²) in [6.07, 6.45) is 0.962. The number of carbonyl (C=O) groups excluding carboxylic acids is 1. The fourth-order valence-corrected chi connectivity index (χ4v) is 2.69. The Morgan fingerprint density at radius 1 is 1.29 bits per heavy atom. The van der Waals surface area contributed by atoms with Crippen LogP contribution in [0.4, 0.5) is 0 Å². The van der Waals surface area contributed by atoms with E-state index in [9.17, 15) is 4.79 Å². The molecule has 1 aliphatic rings. The van der Waals surface area contributed by atoms with Crippen molar-refractivity contribution in [3.05, 3.63) is 34.9 Å². The van der Waals surface area contributed by atoms with Crippen LogP contribution in [0.15, 0.2) is 24.3 Å². The summed E-state index contributed by atoms with van der Waals surface area (Å²) in [6.45, 7) is 5.23. The number of piperazine rings is 1. The van der Waals surface area contributed by atoms with Gasteiger partial charge in [-0.1, -0.05) is 23.7 Å². The zero-order valence-corrected chi connectivity index (χ0v) is 13.0. The first-order valence-corrected chi connectivity index (χ1v) is 7.61. The van der Waals surface area contributed by atoms with E-state index in [1.165, 1.54) is 0 Å². The Bertz CT molecular complexity index is 515. The number of hydrogen-bond donors (Lipinski definition) is 0. The van der Waals surface area contributed by atoms with Gasteiger partial charge >= 0.3 is 0 Å². The standard InChI is InChI=1S/C16H20ClN3O/c1-13(6-7-18)19-8-10-20(11-9-19)16(21)12-14-2-4-15(17)5-3-14/h2-5,13H,6,8-12H2,1H3. The van der Waals surface area contributed by atoms with Crippen molar-refractivity contribution in [3.63, 3.8) is 0 Å². The molecule has 1 fully saturated rings. The highest BCUT2D eigenvalue weighted by atomic mass is 35.5. The van der Waals surface area contributed by atoms with Crippen LogP contribution < -0.4 is 0 Å². The van der Waals surface area contributed by atoms with E-state index in [0.29, 0.717) is 17.9 Å². The lowest BCUT2D eigenvalue weighted by Gasteiger charge is -2.37. The highest BCUT2D eigenvalue weighted by Crippen LogP contribution is 2.13. The summed E-state index contributed by atoms with van der Waals surface area (Å²) in [6, 6.07) is 9.88. The lowest BCUT2D eigenvalue weighted by molar-refractivity contribution is -0.132. The van der Waals surface area contributed by atoms with Crippen LogP contribution in [-0.4, -0.2) is 47.9 Å². The SMILES string of the molecule is CC(CC#N)N1CCN(C(=O)Cc2ccc(Cl)cc2)CC1. The molecular formula is C16H20ClN3O. The van der Waals surface area contributed by atoms with Gasteiger partial charge in [0.1, 0.15) is 0 Å². The molecule has 112 valence electrons. The van der Waals surface area contributed by atoms with Gasteiger partial charge in [-0.25, -0.2) is 0 Å². The third-order valence-electron chi connectivity index (χ3n) is 3.95. The third kappa shape index (κ3) is 4.45. The van der Waals surface area contributed by atoms with Crippen LogP contribution in [0.2, 0.25) is 5.02 Å². The van der Waals surface area contributed by atoms with E-state index in [2.05, 4.69) is 17.9 Å². The first-order valence-electron chi connectivity index (χ1n) is 7.23. The molecule has 1 atom stereocenters. The second-order valence-electron chi connectivity index (χ2n) is 5.43. The number of nitriles is 1. The molecule has 1 amide bonds. The second-order valence-corrected chi connectivity index (χ2v) is 5.87. The lowest BCUT2D eigenvalue weighted by atomic mass is 10.1. The molecule has 1 aromatic carbocycles. The minimum absolute atomic E-state index is 0.157. The molecule has 2 rings (SSSR count). The Hall–Kier alpha value is -1.57. The predicted molar refractivity (Wildman–Crippen MR) is 83.0 cm³/mol. The van der Waals surface area contributed by atoms with Crippen LogP contribution in [0.25, 0.3) is 0 Å². The van der Waals surface area contributed by atoms with Crippen LogP contribution in [0, 0.1) is 11.3 Å². The van der Waals surface area contributed by atoms with Crippen LogP contribution in [-0.2, 0) is 11.2 Å². The topological polar surface area (TPSA) is 47.3 Å². The van der Waals surface area contributed by atoms with Crippen LogP contribution in [0.5, 0.6) is 0 Å². The zero-order chi connectivity index (χ0) is 15.2. The summed E-state index contributed by atoms with van der Waals surface area (Å²) in [5, 5.41) is 9.43. The van der Waals surface area contributed by atoms with E-state index >= 15 is 0 Å². The number of benzene rings is 1. The third-order valence-corrected chi connectivity index (χ3v) is 4.20. The molecule has 21 heavy (non-hydrogen) atoms. The van der Waals surface area contributed by atoms with Gasteiger partial charge in [-0.15, -0.1) is 0 Å². The second kappa shape index (κ2) is 7.44. The van der Waals surface area contributed by atoms with Crippen molar-refractivity contribution in [2.45, 2.75) is 25.8 Å². The molecule has 1 saturated heterocycles. The smallest absolute Gasteiger partial charge is 0.227 e. The summed E-state index contributed by atoms with van der Waals surface area (Å²) < 4.78 is 0. The van der Waals surface area contributed by atoms with E-state index in [1.54, 1.807) is 0 Å². The molecule has 1 aromatic rings. The van der Waals surface area contributed by atoms with Crippen molar-refractivity contribution < 1.29 is 4.79 Å². The monoisotopic (exact) mass is 305 g/mol. The number of halogens is 1. The molecule has 1 heterocycles. The number of nitrogens with zero attached hydrogens (tertiary/aromatic N) is 3. The molecule has 0 bridgehead atoms. The Balaban J connectivity index is 1.83. The molecule has 0 spiro atoms. The molecule has 0 radical (unpaired) electrons. The van der Waals surface area contributed by atoms with E-state index in [1.807, 2.05) is 29.2 Å². The Labute approximate surface area is 130 Å². The van der Waals surface area contributed by atoms with Gasteiger partial charge in [-0.2, -0.15) is 5.26 Å². The van der Waals surface area contributed by atoms with Crippen molar-refractivity contribution in [2.75, 3.05) is 26.2 Å². The van der Waals surface area contributed by atoms with Crippen molar-refractivity contribution >= 4 is 17.5 Å². The maximum Gasteiger partial charge on any atom is 0.227 e. The maximum absolute atomic E-state index is 12.3. The summed E-state index contributed by atoms with van der Waals surface area (Å²) in [7, 11) is 0. The molecule has 4 nitrogen and oxygen atoms in total. The quantitative estimate of drug-likeness (QED) is 0.858. The largest absolute Gasteiger partial charge is 0.340 e. The minimum atomic E-state index is 0.157. The number of amides is 1. The Morgan fingerprint density at radius 3 is 2.48 bits per heavy atom. The summed E-state index contributed by atoms with van der Waals surface area (Å²) >= 11 is 5.84. The number of carbonyl (C=O) groups is 1. The number of rotatable bonds is 4. The van der Waals surface area contributed by atoms with Crippen LogP contribution in [0.1, 0.15) is 18.9 Å². The van der Waals surface area contributed by atoms with Gasteiger partial charge in [-0.05, 0) is 24.6 Å². The molecule has 0 aliphatic carbocycles. The Morgan fingerprint density at radius 2 is 1.90 bits per heavy atom. The fraction of sp³-hybridized carbons (Fsp3) is 0.500. The summed E-state index contributed by atoms with van der Waals surface area (Å²) in [4.78, 5) is 16.5. The Kier molecular flexibility index (Phi) is 5.60. The predicted octanol–water partition coefficient (Wildman–Crippen LogP) is 2.33. The van der Waals surface area contributed by atoms with E-state index in [0.717, 1.165) is 31.7 Å². The molecule has 0 aromatic heterocycles. The molecular weight excluding hydrogens is 286 g/mol. The molecule has 1 aliphatic heterocycles. The van der Waals surface area contributed by atoms with Gasteiger partial charge in [0.25, 0.3) is 0 Å². The van der Waals surface area contributed by atoms with Crippen molar-refractivity contribution in [2.24, 2.45) is 0 Å². The van der Waals surface area contributed by atoms with Gasteiger partial charge in [0.05, 0.1) is 18.9 Å². The molecule has 0 N–H and O–H groups in total. The summed E-state index contributed by atoms with van der Waals surface area (Å²) in [5.41, 5.74) is 0.990. The number of hydrogen-bond acceptors (Lipinski definition) is 3. The van der Waals surface area contributed by atoms with Crippen LogP contribution in [0.3, 0.4) is 0 Å². The van der Waals surface area contributed by atoms with E-state index in [-0.39, 0.29) is 11.9 Å². The average Bonchev–Trinajstić information content (AvgIpc) is 2.50. The summed E-state index contributed by atoms with van der Waals surface area (Å²) in [5.74, 6) is 0.157. The van der Waals surface area contributed by atoms with E-state index < -0.39 is 0 Å². The maximum atomic E-state index is 12.3. The zero-order valence-electron chi connectivity index (χ0n) is 12.3. The molecule has 1 unspecified atom stereocenters. The van der Waals surface area contributed by atoms with Crippen molar-refractivity contribution in [1.82, 2.24) is 9.80 Å². The first-order chi connectivity index (χ1) is 10.1. The lowest BCUT2D eigenvalue weighted by Crippen LogP contribution is -2.51. The fourth-order valence-electron chi connectivity index (χ4n) is 2.56. The molecule has 0 saturated carbocycles. The van der Waals surface area contributed by atoms with Crippen LogP contribution >= 0.6 is 11.6 Å². The average molecular weight is 306 g/mol. The van der Waals surface area contributed by atoms with Gasteiger partial charge in [-0.3, -0.25) is 9.69 Å². The van der Waals surface area contributed by atoms with E-state index in [4.69, 9.17) is 16.9 Å². The highest BCUT2D eigenvalue weighted by molar-refractivity contribution is 6.30. The minimum Gasteiger partial charge on any atom is -0.340 e. The van der Waals surface area contributed by atoms with Crippen molar-refractivity contribution in [3.8, 4) is 6.07 Å². The highest BCUT2D eigenvalue weighted by Gasteiger charge is 2.23. The van der Waals surface area contributed by atoms with Gasteiger partial charge < -0.3 is 4.90 Å². The van der Waals surface area contributed by atoms with Gasteiger partial charge in [0.15, 0.2) is 0 Å².